The number of hydrogen-bond acceptors (Lipinski definition) is 4. The van der Waals surface area contributed by atoms with Gasteiger partial charge in [0.05, 0.1) is 13.6 Å². The molecule has 182 valence electrons. The van der Waals surface area contributed by atoms with Crippen LogP contribution in [0.2, 0.25) is 0 Å². The van der Waals surface area contributed by atoms with E-state index in [1.165, 1.54) is 0 Å². The zero-order valence-corrected chi connectivity index (χ0v) is 19.4. The van der Waals surface area contributed by atoms with Crippen molar-refractivity contribution in [2.75, 3.05) is 6.54 Å². The first kappa shape index (κ1) is 16.5. The average molecular weight is 457 g/mol. The molecule has 0 heterocycles. The van der Waals surface area contributed by atoms with Gasteiger partial charge in [-0.2, -0.15) is 0 Å². The zero-order valence-electron chi connectivity index (χ0n) is 26.4. The Morgan fingerprint density at radius 1 is 1.19 bits per heavy atom. The van der Waals surface area contributed by atoms with Gasteiger partial charge in [-0.15, -0.1) is 0 Å². The summed E-state index contributed by atoms with van der Waals surface area (Å²) in [5.41, 5.74) is -1.22. The molecule has 0 aromatic heterocycles. The normalized spacial score (nSPS) is 55.6. The molecule has 0 aromatic rings. The predicted octanol–water partition coefficient (Wildman–Crippen LogP) is 3.59. The molecule has 0 bridgehead atoms. The van der Waals surface area contributed by atoms with Gasteiger partial charge in [0.1, 0.15) is 6.54 Å². The first-order valence-electron chi connectivity index (χ1n) is 15.5. The molecule has 4 saturated carbocycles. The lowest BCUT2D eigenvalue weighted by Gasteiger charge is -2.62. The van der Waals surface area contributed by atoms with Crippen molar-refractivity contribution in [3.05, 3.63) is 0 Å². The van der Waals surface area contributed by atoms with Crippen LogP contribution in [-0.2, 0) is 9.59 Å². The number of carboxylic acids is 1. The first-order valence-corrected chi connectivity index (χ1v) is 12.0. The molecule has 10 atom stereocenters. The summed E-state index contributed by atoms with van der Waals surface area (Å²) >= 11 is 0. The topological polar surface area (TPSA) is 107 Å². The zero-order chi connectivity index (χ0) is 29.6. The van der Waals surface area contributed by atoms with Gasteiger partial charge < -0.3 is 20.6 Å². The Morgan fingerprint density at radius 3 is 2.62 bits per heavy atom. The molecule has 4 rings (SSSR count). The molecule has 4 fully saturated rings. The van der Waals surface area contributed by atoms with E-state index in [-0.39, 0.29) is 41.9 Å². The van der Waals surface area contributed by atoms with E-state index < -0.39 is 73.4 Å². The summed E-state index contributed by atoms with van der Waals surface area (Å²) in [6.45, 7) is 5.20. The van der Waals surface area contributed by atoms with Gasteiger partial charge in [0.25, 0.3) is 0 Å². The van der Waals surface area contributed by atoms with Gasteiger partial charge in [-0.3, -0.25) is 9.59 Å². The lowest BCUT2D eigenvalue weighted by Crippen LogP contribution is -2.58. The lowest BCUT2D eigenvalue weighted by atomic mass is 9.43. The van der Waals surface area contributed by atoms with Gasteiger partial charge in [0.15, 0.2) is 0 Å². The Hall–Kier alpha value is -1.14. The van der Waals surface area contributed by atoms with Crippen LogP contribution in [0.15, 0.2) is 0 Å². The van der Waals surface area contributed by atoms with Crippen LogP contribution in [0.4, 0.5) is 0 Å². The fraction of sp³-hybridized carbons (Fsp3) is 0.923. The molecule has 6 heteroatoms. The molecule has 0 aromatic carbocycles. The van der Waals surface area contributed by atoms with Crippen LogP contribution >= 0.6 is 0 Å². The number of amides is 1. The smallest absolute Gasteiger partial charge is 0.322 e. The largest absolute Gasteiger partial charge is 0.480 e. The highest BCUT2D eigenvalue weighted by Gasteiger charge is 2.62. The maximum Gasteiger partial charge on any atom is 0.322 e. The van der Waals surface area contributed by atoms with Gasteiger partial charge in [-0.1, -0.05) is 20.8 Å². The number of carbonyl (C=O) groups is 2. The van der Waals surface area contributed by atoms with Crippen molar-refractivity contribution >= 4 is 11.9 Å². The van der Waals surface area contributed by atoms with E-state index in [2.05, 4.69) is 12.2 Å². The maximum atomic E-state index is 12.3. The monoisotopic (exact) mass is 456 g/mol. The number of aliphatic hydroxyl groups is 2. The standard InChI is InChI=1S/C26H43NO5/c1-15(4-7-22(30)27-14-23(31)32)18-5-6-19-24-20(9-11-26(18,19)3)25(2)10-8-17(28)12-16(25)13-21(24)29/h15-21,24,28-29H,4-14H2,1-3H3,(H,27,30)(H,31,32)/t15-,16+,17-,18-,19+,20+,21-,24+,25+,26-/m1/s1/i4D2,8D2,12D2,17D. The first-order chi connectivity index (χ1) is 17.6. The predicted molar refractivity (Wildman–Crippen MR) is 122 cm³/mol. The highest BCUT2D eigenvalue weighted by atomic mass is 16.4. The molecule has 1 amide bonds. The van der Waals surface area contributed by atoms with Crippen molar-refractivity contribution in [3.8, 4) is 0 Å². The minimum atomic E-state index is -2.93. The molecule has 4 aliphatic carbocycles. The Kier molecular flexibility index (Phi) is 4.58. The molecule has 0 saturated heterocycles. The number of hydrogen-bond donors (Lipinski definition) is 4. The molecule has 0 unspecified atom stereocenters. The Bertz CT molecular complexity index is 1010. The number of aliphatic hydroxyl groups excluding tert-OH is 1. The molecule has 6 nitrogen and oxygen atoms in total. The number of aliphatic carboxylic acids is 1. The van der Waals surface area contributed by atoms with Gasteiger partial charge in [-0.25, -0.2) is 0 Å². The van der Waals surface area contributed by atoms with E-state index in [0.717, 1.165) is 6.42 Å². The van der Waals surface area contributed by atoms with Gasteiger partial charge in [-0.05, 0) is 104 Å². The highest BCUT2D eigenvalue weighted by Crippen LogP contribution is 2.68. The van der Waals surface area contributed by atoms with Crippen molar-refractivity contribution in [2.24, 2.45) is 46.3 Å². The number of nitrogens with one attached hydrogen (secondary N) is 1. The van der Waals surface area contributed by atoms with E-state index in [9.17, 15) is 19.8 Å². The average Bonchev–Trinajstić information content (AvgIpc) is 3.14. The van der Waals surface area contributed by atoms with Crippen LogP contribution in [-0.4, -0.2) is 45.9 Å². The van der Waals surface area contributed by atoms with Crippen LogP contribution in [0, 0.1) is 46.3 Å². The Balaban J connectivity index is 1.59. The minimum absolute atomic E-state index is 0.00154. The van der Waals surface area contributed by atoms with Crippen LogP contribution in [0.1, 0.15) is 94.4 Å². The van der Waals surface area contributed by atoms with Crippen molar-refractivity contribution in [2.45, 2.75) is 97.0 Å². The fourth-order valence-corrected chi connectivity index (χ4v) is 7.89. The minimum Gasteiger partial charge on any atom is -0.480 e. The summed E-state index contributed by atoms with van der Waals surface area (Å²) in [4.78, 5) is 23.0. The summed E-state index contributed by atoms with van der Waals surface area (Å²) in [5.74, 6) is -3.80. The quantitative estimate of drug-likeness (QED) is 0.489. The van der Waals surface area contributed by atoms with E-state index in [1.54, 1.807) is 6.92 Å². The van der Waals surface area contributed by atoms with E-state index in [4.69, 9.17) is 14.7 Å². The van der Waals surface area contributed by atoms with E-state index >= 15 is 0 Å². The number of carboxylic acid groups (broad SMARTS) is 1. The molecule has 0 spiro atoms. The second-order valence-corrected chi connectivity index (χ2v) is 11.1. The Labute approximate surface area is 202 Å². The number of carbonyl (C=O) groups excluding carboxylic acids is 1. The fourth-order valence-electron chi connectivity index (χ4n) is 7.89. The van der Waals surface area contributed by atoms with Gasteiger partial charge in [0, 0.05) is 14.6 Å². The van der Waals surface area contributed by atoms with E-state index in [0.29, 0.717) is 19.3 Å². The van der Waals surface area contributed by atoms with Crippen LogP contribution in [0.5, 0.6) is 0 Å². The summed E-state index contributed by atoms with van der Waals surface area (Å²) in [6, 6.07) is 0. The molecule has 4 aliphatic rings. The van der Waals surface area contributed by atoms with Crippen LogP contribution in [0.3, 0.4) is 0 Å². The molecule has 32 heavy (non-hydrogen) atoms. The van der Waals surface area contributed by atoms with Crippen molar-refractivity contribution in [3.63, 3.8) is 0 Å². The molecule has 4 N–H and O–H groups in total. The second kappa shape index (κ2) is 8.90. The number of rotatable bonds is 6. The van der Waals surface area contributed by atoms with Gasteiger partial charge in [0.2, 0.25) is 5.91 Å². The molecular formula is C26H43NO5. The van der Waals surface area contributed by atoms with E-state index in [1.807, 2.05) is 6.92 Å². The summed E-state index contributed by atoms with van der Waals surface area (Å²) < 4.78 is 59.9. The molecular weight excluding hydrogens is 406 g/mol. The van der Waals surface area contributed by atoms with Crippen LogP contribution < -0.4 is 5.32 Å². The van der Waals surface area contributed by atoms with Gasteiger partial charge >= 0.3 is 5.97 Å². The summed E-state index contributed by atoms with van der Waals surface area (Å²) in [7, 11) is 0. The molecule has 0 radical (unpaired) electrons. The third-order valence-electron chi connectivity index (χ3n) is 9.54. The summed E-state index contributed by atoms with van der Waals surface area (Å²) in [5, 5.41) is 33.2. The SMILES string of the molecule is [2H]C([2H])(CC(=O)NCC(=O)O)[C@@H](C)[C@H]1CC[C@H]2[C@@H]3[C@H](O)C[C@@H]4C([2H])([2H])[C@]([2H])(O)C([2H])([2H])C[C@]4(C)[C@H]3CC[C@]12C. The second-order valence-electron chi connectivity index (χ2n) is 11.1. The third kappa shape index (κ3) is 4.11. The number of fused-ring (bicyclic) bond motifs is 5. The van der Waals surface area contributed by atoms with Crippen LogP contribution in [0.25, 0.3) is 0 Å². The van der Waals surface area contributed by atoms with Crippen molar-refractivity contribution in [1.82, 2.24) is 5.32 Å². The summed E-state index contributed by atoms with van der Waals surface area (Å²) in [6.07, 6.45) is -8.62. The highest BCUT2D eigenvalue weighted by molar-refractivity contribution is 5.81. The van der Waals surface area contributed by atoms with Crippen molar-refractivity contribution in [1.29, 1.82) is 0 Å². The maximum absolute atomic E-state index is 12.3. The molecule has 0 aliphatic heterocycles. The lowest BCUT2D eigenvalue weighted by molar-refractivity contribution is -0.174. The van der Waals surface area contributed by atoms with Crippen molar-refractivity contribution < 1.29 is 34.5 Å². The third-order valence-corrected chi connectivity index (χ3v) is 9.54. The Morgan fingerprint density at radius 2 is 1.91 bits per heavy atom.